The standard InChI is InChI=1S/C62H76N2O/c1-46(24-25-48-30-32-50(33-31-48)41-61(65)64-40-16-8-13-23-54-38-39-60(63-62(54)64)53-21-11-7-12-22-53)17-9-5-3-2-4-6-10-18-47-26-28-49(29-27-47)34-35-52-36-37-55-42-57-43-56(51-19-14-15-20-51)44-58(57)45-59(52)55/h7,11-12,14-15,19,21-22,26-33,36-39,46,56-59H,2-6,8-10,13,16-18,20,23-25,34-35,40-45H2,1H3. The minimum absolute atomic E-state index is 0.150. The predicted molar refractivity (Wildman–Crippen MR) is 273 cm³/mol. The fourth-order valence-electron chi connectivity index (χ4n) is 12.2. The van der Waals surface area contributed by atoms with Crippen molar-refractivity contribution < 1.29 is 4.79 Å². The van der Waals surface area contributed by atoms with Crippen molar-refractivity contribution in [2.45, 2.75) is 155 Å². The molecule has 5 atom stereocenters. The van der Waals surface area contributed by atoms with Crippen LogP contribution in [0, 0.1) is 29.6 Å². The number of hydrogen-bond acceptors (Lipinski definition) is 2. The van der Waals surface area contributed by atoms with Crippen molar-refractivity contribution >= 4 is 11.7 Å². The van der Waals surface area contributed by atoms with Crippen LogP contribution in [0.25, 0.3) is 11.3 Å². The number of aryl methyl sites for hydroxylation is 4. The van der Waals surface area contributed by atoms with Crippen molar-refractivity contribution in [2.75, 3.05) is 11.4 Å². The SMILES string of the molecule is CC(CCCCCCCCCc1ccc(CCC2=CC=C3CC4CC(C5=CC=CC5)CC4CC23)cc1)CCc1ccc(CC(=O)N2CCCCCc3ccc(-c4ccccc4)nc32)cc1. The Morgan fingerprint density at radius 1 is 0.646 bits per heavy atom. The lowest BCUT2D eigenvalue weighted by Gasteiger charge is -2.33. The van der Waals surface area contributed by atoms with E-state index < -0.39 is 0 Å². The molecule has 4 aliphatic carbocycles. The molecule has 3 aromatic carbocycles. The molecule has 0 bridgehead atoms. The van der Waals surface area contributed by atoms with E-state index >= 15 is 0 Å². The van der Waals surface area contributed by atoms with Crippen LogP contribution in [-0.2, 0) is 36.9 Å². The van der Waals surface area contributed by atoms with Crippen LogP contribution in [0.5, 0.6) is 0 Å². The lowest BCUT2D eigenvalue weighted by molar-refractivity contribution is -0.118. The van der Waals surface area contributed by atoms with Crippen molar-refractivity contribution in [1.29, 1.82) is 0 Å². The van der Waals surface area contributed by atoms with Gasteiger partial charge >= 0.3 is 0 Å². The van der Waals surface area contributed by atoms with Crippen LogP contribution in [0.4, 0.5) is 5.82 Å². The summed E-state index contributed by atoms with van der Waals surface area (Å²) in [5.41, 5.74) is 13.9. The van der Waals surface area contributed by atoms with Crippen molar-refractivity contribution in [1.82, 2.24) is 4.98 Å². The molecular weight excluding hydrogens is 789 g/mol. The molecule has 3 nitrogen and oxygen atoms in total. The van der Waals surface area contributed by atoms with Crippen LogP contribution in [0.1, 0.15) is 150 Å². The molecule has 9 rings (SSSR count). The third-order valence-electron chi connectivity index (χ3n) is 16.2. The van der Waals surface area contributed by atoms with Crippen molar-refractivity contribution in [3.8, 4) is 11.3 Å². The Morgan fingerprint density at radius 2 is 1.37 bits per heavy atom. The Kier molecular flexibility index (Phi) is 15.8. The van der Waals surface area contributed by atoms with E-state index in [0.717, 1.165) is 90.9 Å². The summed E-state index contributed by atoms with van der Waals surface area (Å²) in [6.45, 7) is 3.17. The zero-order valence-corrected chi connectivity index (χ0v) is 39.7. The first-order chi connectivity index (χ1) is 32.0. The summed E-state index contributed by atoms with van der Waals surface area (Å²) >= 11 is 0. The average Bonchev–Trinajstić information content (AvgIpc) is 4.11. The molecule has 340 valence electrons. The highest BCUT2D eigenvalue weighted by molar-refractivity contribution is 5.95. The number of amides is 1. The van der Waals surface area contributed by atoms with Crippen LogP contribution < -0.4 is 4.90 Å². The van der Waals surface area contributed by atoms with Crippen molar-refractivity contribution in [3.63, 3.8) is 0 Å². The first-order valence-corrected chi connectivity index (χ1v) is 26.3. The summed E-state index contributed by atoms with van der Waals surface area (Å²) in [4.78, 5) is 20.9. The molecule has 1 aromatic heterocycles. The first-order valence-electron chi connectivity index (χ1n) is 26.3. The van der Waals surface area contributed by atoms with E-state index in [1.54, 1.807) is 16.7 Å². The number of rotatable bonds is 20. The summed E-state index contributed by atoms with van der Waals surface area (Å²) in [5, 5.41) is 0. The second-order valence-corrected chi connectivity index (χ2v) is 20.9. The van der Waals surface area contributed by atoms with Gasteiger partial charge in [-0.05, 0) is 147 Å². The van der Waals surface area contributed by atoms with Gasteiger partial charge in [-0.25, -0.2) is 4.98 Å². The second-order valence-electron chi connectivity index (χ2n) is 20.9. The molecule has 5 aliphatic rings. The Balaban J connectivity index is 0.610. The third kappa shape index (κ3) is 12.2. The minimum atomic E-state index is 0.150. The molecular formula is C62H76N2O. The number of hydrogen-bond donors (Lipinski definition) is 0. The van der Waals surface area contributed by atoms with Gasteiger partial charge in [0.25, 0.3) is 0 Å². The van der Waals surface area contributed by atoms with Gasteiger partial charge in [-0.1, -0.05) is 190 Å². The summed E-state index contributed by atoms with van der Waals surface area (Å²) in [7, 11) is 0. The molecule has 1 amide bonds. The molecule has 0 saturated heterocycles. The van der Waals surface area contributed by atoms with Gasteiger partial charge in [0.2, 0.25) is 5.91 Å². The molecule has 1 aliphatic heterocycles. The topological polar surface area (TPSA) is 33.2 Å². The van der Waals surface area contributed by atoms with E-state index in [2.05, 4.69) is 110 Å². The lowest BCUT2D eigenvalue weighted by Crippen LogP contribution is -2.35. The first kappa shape index (κ1) is 45.4. The Hall–Kier alpha value is -4.76. The fourth-order valence-corrected chi connectivity index (χ4v) is 12.2. The van der Waals surface area contributed by atoms with Gasteiger partial charge in [-0.3, -0.25) is 9.69 Å². The number of benzene rings is 3. The number of anilines is 1. The number of fused-ring (bicyclic) bond motifs is 3. The van der Waals surface area contributed by atoms with Gasteiger partial charge in [-0.2, -0.15) is 0 Å². The minimum Gasteiger partial charge on any atom is -0.296 e. The monoisotopic (exact) mass is 865 g/mol. The highest BCUT2D eigenvalue weighted by Crippen LogP contribution is 2.54. The number of carbonyl (C=O) groups excluding carboxylic acids is 1. The van der Waals surface area contributed by atoms with Crippen LogP contribution in [0.2, 0.25) is 0 Å². The Bertz CT molecular complexity index is 2290. The number of carbonyl (C=O) groups is 1. The highest BCUT2D eigenvalue weighted by atomic mass is 16.2. The van der Waals surface area contributed by atoms with Crippen LogP contribution in [0.3, 0.4) is 0 Å². The van der Waals surface area contributed by atoms with Gasteiger partial charge in [0.1, 0.15) is 5.82 Å². The lowest BCUT2D eigenvalue weighted by atomic mass is 9.71. The number of nitrogens with zero attached hydrogens (tertiary/aromatic N) is 2. The van der Waals surface area contributed by atoms with E-state index in [1.807, 2.05) is 23.1 Å². The molecule has 0 spiro atoms. The van der Waals surface area contributed by atoms with Gasteiger partial charge in [0, 0.05) is 18.0 Å². The maximum atomic E-state index is 13.8. The van der Waals surface area contributed by atoms with E-state index in [9.17, 15) is 4.79 Å². The predicted octanol–water partition coefficient (Wildman–Crippen LogP) is 15.7. The normalized spacial score (nSPS) is 21.7. The van der Waals surface area contributed by atoms with Crippen molar-refractivity contribution in [2.24, 2.45) is 29.6 Å². The number of aromatic nitrogens is 1. The molecule has 65 heavy (non-hydrogen) atoms. The van der Waals surface area contributed by atoms with Crippen LogP contribution in [-0.4, -0.2) is 17.4 Å². The molecule has 2 fully saturated rings. The second kappa shape index (κ2) is 22.6. The molecule has 3 heteroatoms. The number of pyridine rings is 1. The largest absolute Gasteiger partial charge is 0.296 e. The fraction of sp³-hybridized carbons (Fsp3) is 0.484. The van der Waals surface area contributed by atoms with Crippen LogP contribution >= 0.6 is 0 Å². The van der Waals surface area contributed by atoms with E-state index in [-0.39, 0.29) is 5.91 Å². The van der Waals surface area contributed by atoms with Gasteiger partial charge < -0.3 is 0 Å². The Labute approximate surface area is 392 Å². The third-order valence-corrected chi connectivity index (χ3v) is 16.2. The maximum absolute atomic E-state index is 13.8. The van der Waals surface area contributed by atoms with E-state index in [4.69, 9.17) is 4.98 Å². The van der Waals surface area contributed by atoms with Gasteiger partial charge in [-0.15, -0.1) is 0 Å². The smallest absolute Gasteiger partial charge is 0.232 e. The molecule has 5 unspecified atom stereocenters. The number of allylic oxidation sites excluding steroid dienone is 8. The van der Waals surface area contributed by atoms with E-state index in [1.165, 1.54) is 131 Å². The molecule has 0 radical (unpaired) electrons. The summed E-state index contributed by atoms with van der Waals surface area (Å²) < 4.78 is 0. The zero-order valence-electron chi connectivity index (χ0n) is 39.7. The van der Waals surface area contributed by atoms with Gasteiger partial charge in [0.05, 0.1) is 12.1 Å². The molecule has 2 heterocycles. The van der Waals surface area contributed by atoms with E-state index in [0.29, 0.717) is 6.42 Å². The molecule has 2 saturated carbocycles. The number of unbranched alkanes of at least 4 members (excludes halogenated alkanes) is 6. The molecule has 0 N–H and O–H groups in total. The maximum Gasteiger partial charge on any atom is 0.232 e. The van der Waals surface area contributed by atoms with Crippen molar-refractivity contribution in [3.05, 3.63) is 166 Å². The highest BCUT2D eigenvalue weighted by Gasteiger charge is 2.43. The summed E-state index contributed by atoms with van der Waals surface area (Å²) in [5.74, 6) is 5.22. The molecule has 4 aromatic rings. The average molecular weight is 865 g/mol. The Morgan fingerprint density at radius 3 is 2.15 bits per heavy atom. The zero-order chi connectivity index (χ0) is 44.2. The quantitative estimate of drug-likeness (QED) is 0.0829. The van der Waals surface area contributed by atoms with Gasteiger partial charge in [0.15, 0.2) is 0 Å². The summed E-state index contributed by atoms with van der Waals surface area (Å²) in [6.07, 6.45) is 40.4. The van der Waals surface area contributed by atoms with Crippen LogP contribution in [0.15, 0.2) is 138 Å². The summed E-state index contributed by atoms with van der Waals surface area (Å²) in [6, 6.07) is 33.1.